The van der Waals surface area contributed by atoms with Crippen molar-refractivity contribution in [2.45, 2.75) is 32.2 Å². The number of hydrogen-bond donors (Lipinski definition) is 2. The monoisotopic (exact) mass is 213 g/mol. The van der Waals surface area contributed by atoms with E-state index in [2.05, 4.69) is 24.2 Å². The molecule has 4 heteroatoms. The highest BCUT2D eigenvalue weighted by atomic mass is 16.2. The smallest absolute Gasteiger partial charge is 0.224 e. The molecule has 0 spiro atoms. The summed E-state index contributed by atoms with van der Waals surface area (Å²) in [6.07, 6.45) is 3.02. The normalized spacial score (nSPS) is 24.1. The highest BCUT2D eigenvalue weighted by Gasteiger charge is 2.26. The van der Waals surface area contributed by atoms with E-state index in [0.717, 1.165) is 32.4 Å². The first-order valence-corrected chi connectivity index (χ1v) is 5.86. The van der Waals surface area contributed by atoms with Crippen LogP contribution in [0.1, 0.15) is 26.2 Å². The molecule has 0 aliphatic carbocycles. The molecular formula is C11H23N3O. The van der Waals surface area contributed by atoms with Crippen molar-refractivity contribution in [1.29, 1.82) is 0 Å². The molecule has 0 aromatic carbocycles. The van der Waals surface area contributed by atoms with Gasteiger partial charge in [-0.2, -0.15) is 0 Å². The highest BCUT2D eigenvalue weighted by molar-refractivity contribution is 5.79. The van der Waals surface area contributed by atoms with E-state index < -0.39 is 0 Å². The minimum Gasteiger partial charge on any atom is -0.352 e. The second-order valence-corrected chi connectivity index (χ2v) is 4.48. The van der Waals surface area contributed by atoms with Crippen LogP contribution in [0.4, 0.5) is 0 Å². The molecule has 15 heavy (non-hydrogen) atoms. The Balaban J connectivity index is 2.33. The molecular weight excluding hydrogens is 190 g/mol. The van der Waals surface area contributed by atoms with E-state index in [9.17, 15) is 4.79 Å². The first-order chi connectivity index (χ1) is 7.17. The average molecular weight is 213 g/mol. The SMILES string of the molecule is CCCC(CN)NC(=O)C1CCN(C)C1. The van der Waals surface area contributed by atoms with Gasteiger partial charge in [0, 0.05) is 19.1 Å². The Morgan fingerprint density at radius 1 is 1.67 bits per heavy atom. The number of rotatable bonds is 5. The van der Waals surface area contributed by atoms with Gasteiger partial charge < -0.3 is 16.0 Å². The van der Waals surface area contributed by atoms with Crippen molar-refractivity contribution in [3.05, 3.63) is 0 Å². The third kappa shape index (κ3) is 3.80. The van der Waals surface area contributed by atoms with Gasteiger partial charge in [0.1, 0.15) is 0 Å². The van der Waals surface area contributed by atoms with Crippen molar-refractivity contribution in [2.24, 2.45) is 11.7 Å². The van der Waals surface area contributed by atoms with Crippen LogP contribution in [-0.4, -0.2) is 43.5 Å². The van der Waals surface area contributed by atoms with Crippen LogP contribution >= 0.6 is 0 Å². The zero-order chi connectivity index (χ0) is 11.3. The lowest BCUT2D eigenvalue weighted by atomic mass is 10.1. The molecule has 3 N–H and O–H groups in total. The lowest BCUT2D eigenvalue weighted by Crippen LogP contribution is -2.43. The largest absolute Gasteiger partial charge is 0.352 e. The minimum atomic E-state index is 0.161. The zero-order valence-corrected chi connectivity index (χ0v) is 9.83. The Morgan fingerprint density at radius 2 is 2.40 bits per heavy atom. The molecule has 4 nitrogen and oxygen atoms in total. The highest BCUT2D eigenvalue weighted by Crippen LogP contribution is 2.14. The Kier molecular flexibility index (Phi) is 5.05. The number of likely N-dealkylation sites (tertiary alicyclic amines) is 1. The van der Waals surface area contributed by atoms with Gasteiger partial charge in [-0.1, -0.05) is 13.3 Å². The van der Waals surface area contributed by atoms with E-state index in [-0.39, 0.29) is 17.9 Å². The fourth-order valence-electron chi connectivity index (χ4n) is 2.07. The van der Waals surface area contributed by atoms with Crippen LogP contribution in [0, 0.1) is 5.92 Å². The Hall–Kier alpha value is -0.610. The molecule has 1 aliphatic heterocycles. The van der Waals surface area contributed by atoms with Crippen molar-refractivity contribution in [2.75, 3.05) is 26.7 Å². The summed E-state index contributed by atoms with van der Waals surface area (Å²) in [5, 5.41) is 3.04. The van der Waals surface area contributed by atoms with Gasteiger partial charge in [-0.05, 0) is 26.4 Å². The van der Waals surface area contributed by atoms with Crippen molar-refractivity contribution in [1.82, 2.24) is 10.2 Å². The summed E-state index contributed by atoms with van der Waals surface area (Å²) in [6.45, 7) is 4.56. The number of amides is 1. The van der Waals surface area contributed by atoms with E-state index in [4.69, 9.17) is 5.73 Å². The second-order valence-electron chi connectivity index (χ2n) is 4.48. The number of carbonyl (C=O) groups is 1. The summed E-state index contributed by atoms with van der Waals surface area (Å²) in [5.41, 5.74) is 5.61. The molecule has 0 saturated carbocycles. The maximum atomic E-state index is 11.8. The third-order valence-corrected chi connectivity index (χ3v) is 3.03. The molecule has 0 bridgehead atoms. The van der Waals surface area contributed by atoms with Crippen LogP contribution < -0.4 is 11.1 Å². The average Bonchev–Trinajstić information content (AvgIpc) is 2.64. The number of carbonyl (C=O) groups excluding carboxylic acids is 1. The Labute approximate surface area is 92.2 Å². The van der Waals surface area contributed by atoms with Crippen LogP contribution in [0.15, 0.2) is 0 Å². The van der Waals surface area contributed by atoms with E-state index >= 15 is 0 Å². The number of nitrogens with zero attached hydrogens (tertiary/aromatic N) is 1. The lowest BCUT2D eigenvalue weighted by molar-refractivity contribution is -0.125. The molecule has 2 atom stereocenters. The van der Waals surface area contributed by atoms with Gasteiger partial charge in [0.2, 0.25) is 5.91 Å². The predicted molar refractivity (Wildman–Crippen MR) is 61.5 cm³/mol. The van der Waals surface area contributed by atoms with Crippen LogP contribution in [0.2, 0.25) is 0 Å². The molecule has 1 rings (SSSR count). The van der Waals surface area contributed by atoms with Gasteiger partial charge in [-0.3, -0.25) is 4.79 Å². The molecule has 1 heterocycles. The van der Waals surface area contributed by atoms with Gasteiger partial charge in [0.25, 0.3) is 0 Å². The van der Waals surface area contributed by atoms with Gasteiger partial charge in [0.05, 0.1) is 5.92 Å². The summed E-state index contributed by atoms with van der Waals surface area (Å²) in [4.78, 5) is 14.0. The quantitative estimate of drug-likeness (QED) is 0.685. The van der Waals surface area contributed by atoms with E-state index in [1.807, 2.05) is 0 Å². The lowest BCUT2D eigenvalue weighted by Gasteiger charge is -2.18. The molecule has 0 aromatic heterocycles. The summed E-state index contributed by atoms with van der Waals surface area (Å²) in [6, 6.07) is 0.161. The minimum absolute atomic E-state index is 0.161. The van der Waals surface area contributed by atoms with Crippen molar-refractivity contribution < 1.29 is 4.79 Å². The molecule has 0 radical (unpaired) electrons. The van der Waals surface area contributed by atoms with E-state index in [0.29, 0.717) is 6.54 Å². The summed E-state index contributed by atoms with van der Waals surface area (Å²) in [5.74, 6) is 0.351. The van der Waals surface area contributed by atoms with Crippen molar-refractivity contribution >= 4 is 5.91 Å². The first kappa shape index (κ1) is 12.5. The van der Waals surface area contributed by atoms with Crippen LogP contribution in [0.5, 0.6) is 0 Å². The van der Waals surface area contributed by atoms with Gasteiger partial charge in [-0.15, -0.1) is 0 Å². The fourth-order valence-corrected chi connectivity index (χ4v) is 2.07. The zero-order valence-electron chi connectivity index (χ0n) is 9.83. The maximum Gasteiger partial charge on any atom is 0.224 e. The van der Waals surface area contributed by atoms with Crippen LogP contribution in [0.25, 0.3) is 0 Å². The first-order valence-electron chi connectivity index (χ1n) is 5.86. The molecule has 2 unspecified atom stereocenters. The molecule has 88 valence electrons. The van der Waals surface area contributed by atoms with E-state index in [1.54, 1.807) is 0 Å². The van der Waals surface area contributed by atoms with Crippen molar-refractivity contribution in [3.8, 4) is 0 Å². The van der Waals surface area contributed by atoms with Gasteiger partial charge >= 0.3 is 0 Å². The number of hydrogen-bond acceptors (Lipinski definition) is 3. The molecule has 1 amide bonds. The van der Waals surface area contributed by atoms with Crippen LogP contribution in [-0.2, 0) is 4.79 Å². The van der Waals surface area contributed by atoms with E-state index in [1.165, 1.54) is 0 Å². The summed E-state index contributed by atoms with van der Waals surface area (Å²) >= 11 is 0. The van der Waals surface area contributed by atoms with Gasteiger partial charge in [0.15, 0.2) is 0 Å². The standard InChI is InChI=1S/C11H23N3O/c1-3-4-10(7-12)13-11(15)9-5-6-14(2)8-9/h9-10H,3-8,12H2,1-2H3,(H,13,15). The Bertz CT molecular complexity index is 208. The molecule has 1 aliphatic rings. The molecule has 1 fully saturated rings. The van der Waals surface area contributed by atoms with Crippen molar-refractivity contribution in [3.63, 3.8) is 0 Å². The second kappa shape index (κ2) is 6.08. The number of nitrogens with one attached hydrogen (secondary N) is 1. The summed E-state index contributed by atoms with van der Waals surface area (Å²) < 4.78 is 0. The van der Waals surface area contributed by atoms with Gasteiger partial charge in [-0.25, -0.2) is 0 Å². The number of nitrogens with two attached hydrogens (primary N) is 1. The predicted octanol–water partition coefficient (Wildman–Crippen LogP) is 0.182. The Morgan fingerprint density at radius 3 is 2.87 bits per heavy atom. The van der Waals surface area contributed by atoms with Crippen LogP contribution in [0.3, 0.4) is 0 Å². The maximum absolute atomic E-state index is 11.8. The molecule has 0 aromatic rings. The fraction of sp³-hybridized carbons (Fsp3) is 0.909. The summed E-state index contributed by atoms with van der Waals surface area (Å²) in [7, 11) is 2.06. The topological polar surface area (TPSA) is 58.4 Å². The third-order valence-electron chi connectivity index (χ3n) is 3.03. The molecule has 1 saturated heterocycles.